The minimum absolute atomic E-state index is 0.518. The average molecular weight is 404 g/mol. The Balaban J connectivity index is 1.29. The Labute approximate surface area is 177 Å². The van der Waals surface area contributed by atoms with Crippen LogP contribution in [0.4, 0.5) is 5.82 Å². The second-order valence-electron chi connectivity index (χ2n) is 8.73. The molecule has 1 aromatic carbocycles. The number of likely N-dealkylation sites (tertiary alicyclic amines) is 1. The molecule has 7 nitrogen and oxygen atoms in total. The van der Waals surface area contributed by atoms with Crippen molar-refractivity contribution in [2.45, 2.75) is 25.8 Å². The molecule has 156 valence electrons. The van der Waals surface area contributed by atoms with Crippen molar-refractivity contribution in [2.24, 2.45) is 5.92 Å². The van der Waals surface area contributed by atoms with Crippen molar-refractivity contribution in [3.05, 3.63) is 54.5 Å². The van der Waals surface area contributed by atoms with Crippen molar-refractivity contribution >= 4 is 16.7 Å². The number of piperidine rings is 1. The number of rotatable bonds is 5. The molecule has 0 amide bonds. The molecule has 0 unspecified atom stereocenters. The summed E-state index contributed by atoms with van der Waals surface area (Å²) in [7, 11) is 2.15. The summed E-state index contributed by atoms with van der Waals surface area (Å²) in [5, 5.41) is 18.2. The van der Waals surface area contributed by atoms with E-state index in [9.17, 15) is 0 Å². The average Bonchev–Trinajstić information content (AvgIpc) is 3.17. The van der Waals surface area contributed by atoms with Crippen molar-refractivity contribution < 1.29 is 0 Å². The van der Waals surface area contributed by atoms with Gasteiger partial charge in [0.1, 0.15) is 5.52 Å². The van der Waals surface area contributed by atoms with Crippen LogP contribution < -0.4 is 10.2 Å². The highest BCUT2D eigenvalue weighted by Crippen LogP contribution is 2.29. The summed E-state index contributed by atoms with van der Waals surface area (Å²) < 4.78 is 1.92. The zero-order chi connectivity index (χ0) is 20.7. The largest absolute Gasteiger partial charge is 0.383 e. The lowest BCUT2D eigenvalue weighted by molar-refractivity contribution is 0.166. The lowest BCUT2D eigenvalue weighted by Crippen LogP contribution is -2.56. The van der Waals surface area contributed by atoms with E-state index in [0.717, 1.165) is 61.4 Å². The molecule has 2 fully saturated rings. The normalized spacial score (nSPS) is 18.5. The third-order valence-electron chi connectivity index (χ3n) is 6.34. The van der Waals surface area contributed by atoms with E-state index in [-0.39, 0.29) is 0 Å². The first-order valence-electron chi connectivity index (χ1n) is 10.7. The van der Waals surface area contributed by atoms with E-state index in [0.29, 0.717) is 12.0 Å². The number of aromatic nitrogens is 4. The van der Waals surface area contributed by atoms with E-state index in [1.54, 1.807) is 6.20 Å². The van der Waals surface area contributed by atoms with Crippen LogP contribution in [0.3, 0.4) is 0 Å². The molecule has 0 aliphatic carbocycles. The number of fused-ring (bicyclic) bond motifs is 1. The molecule has 0 saturated carbocycles. The van der Waals surface area contributed by atoms with Gasteiger partial charge in [-0.05, 0) is 38.9 Å². The zero-order valence-corrected chi connectivity index (χ0v) is 17.8. The number of hydrogen-bond acceptors (Lipinski definition) is 6. The Hall–Kier alpha value is -2.93. The van der Waals surface area contributed by atoms with Gasteiger partial charge in [0.15, 0.2) is 5.82 Å². The molecule has 0 radical (unpaired) electrons. The highest BCUT2D eigenvalue weighted by molar-refractivity contribution is 5.87. The molecule has 0 spiro atoms. The molecule has 2 aliphatic heterocycles. The second-order valence-corrected chi connectivity index (χ2v) is 8.73. The van der Waals surface area contributed by atoms with Gasteiger partial charge in [-0.25, -0.2) is 4.68 Å². The third kappa shape index (κ3) is 3.65. The molecule has 7 heteroatoms. The lowest BCUT2D eigenvalue weighted by atomic mass is 9.93. The summed E-state index contributed by atoms with van der Waals surface area (Å²) in [6.45, 7) is 10.5. The molecule has 2 aliphatic rings. The van der Waals surface area contributed by atoms with Crippen LogP contribution in [-0.2, 0) is 0 Å². The maximum Gasteiger partial charge on any atom is 0.179 e. The monoisotopic (exact) mass is 403 g/mol. The summed E-state index contributed by atoms with van der Waals surface area (Å²) in [6, 6.07) is 8.95. The molecule has 4 heterocycles. The van der Waals surface area contributed by atoms with E-state index in [1.807, 2.05) is 10.9 Å². The molecule has 2 saturated heterocycles. The van der Waals surface area contributed by atoms with Crippen molar-refractivity contribution in [3.8, 4) is 5.69 Å². The fraction of sp³-hybridized carbons (Fsp3) is 0.435. The molecular formula is C23H29N7. The van der Waals surface area contributed by atoms with Crippen LogP contribution in [0.2, 0.25) is 0 Å². The zero-order valence-electron chi connectivity index (χ0n) is 17.8. The van der Waals surface area contributed by atoms with Crippen molar-refractivity contribution in [2.75, 3.05) is 38.1 Å². The van der Waals surface area contributed by atoms with Crippen LogP contribution in [0.25, 0.3) is 16.6 Å². The van der Waals surface area contributed by atoms with Gasteiger partial charge < -0.3 is 15.1 Å². The van der Waals surface area contributed by atoms with Crippen LogP contribution >= 0.6 is 0 Å². The first-order chi connectivity index (χ1) is 14.6. The first-order valence-corrected chi connectivity index (χ1v) is 10.7. The van der Waals surface area contributed by atoms with Gasteiger partial charge in [0.2, 0.25) is 0 Å². The van der Waals surface area contributed by atoms with Gasteiger partial charge >= 0.3 is 0 Å². The van der Waals surface area contributed by atoms with Gasteiger partial charge in [-0.15, -0.1) is 5.10 Å². The van der Waals surface area contributed by atoms with Gasteiger partial charge in [-0.3, -0.25) is 0 Å². The third-order valence-corrected chi connectivity index (χ3v) is 6.34. The Morgan fingerprint density at radius 3 is 2.57 bits per heavy atom. The van der Waals surface area contributed by atoms with Gasteiger partial charge in [-0.2, -0.15) is 10.2 Å². The molecule has 3 aromatic rings. The number of likely N-dealkylation sites (N-methyl/N-ethyl adjacent to an activating group) is 1. The maximum atomic E-state index is 4.85. The number of allylic oxidation sites excluding steroid dienone is 1. The molecule has 5 rings (SSSR count). The van der Waals surface area contributed by atoms with Gasteiger partial charge in [-0.1, -0.05) is 24.3 Å². The Morgan fingerprint density at radius 2 is 1.87 bits per heavy atom. The number of hydrogen-bond donors (Lipinski definition) is 1. The van der Waals surface area contributed by atoms with Crippen LogP contribution in [-0.4, -0.2) is 64.1 Å². The fourth-order valence-electron chi connectivity index (χ4n) is 4.50. The summed E-state index contributed by atoms with van der Waals surface area (Å²) >= 11 is 0. The fourth-order valence-corrected chi connectivity index (χ4v) is 4.50. The van der Waals surface area contributed by atoms with Crippen LogP contribution in [0, 0.1) is 12.8 Å². The SMILES string of the molecule is C=C(NC1CN(C)C1)C1CCN(c2nncc3cn(-c4ccc(C)cc4)nc23)CC1. The topological polar surface area (TPSA) is 62.1 Å². The van der Waals surface area contributed by atoms with Crippen LogP contribution in [0.1, 0.15) is 18.4 Å². The number of benzene rings is 1. The molecule has 0 atom stereocenters. The summed E-state index contributed by atoms with van der Waals surface area (Å²) in [5.41, 5.74) is 4.40. The quantitative estimate of drug-likeness (QED) is 0.707. The van der Waals surface area contributed by atoms with E-state index < -0.39 is 0 Å². The second kappa shape index (κ2) is 7.72. The number of nitrogens with one attached hydrogen (secondary N) is 1. The highest BCUT2D eigenvalue weighted by Gasteiger charge is 2.28. The standard InChI is InChI=1S/C23H29N7/c1-16-4-6-21(7-5-16)30-13-19-12-24-26-23(22(19)27-30)29-10-8-18(9-11-29)17(2)25-20-14-28(3)15-20/h4-7,12-13,18,20,25H,2,8-11,14-15H2,1,3H3. The van der Waals surface area contributed by atoms with Gasteiger partial charge in [0.05, 0.1) is 17.9 Å². The minimum Gasteiger partial charge on any atom is -0.383 e. The van der Waals surface area contributed by atoms with Crippen molar-refractivity contribution in [1.82, 2.24) is 30.2 Å². The molecular weight excluding hydrogens is 374 g/mol. The number of nitrogens with zero attached hydrogens (tertiary/aromatic N) is 6. The molecule has 30 heavy (non-hydrogen) atoms. The highest BCUT2D eigenvalue weighted by atomic mass is 15.3. The van der Waals surface area contributed by atoms with Crippen molar-refractivity contribution in [3.63, 3.8) is 0 Å². The Kier molecular flexibility index (Phi) is 4.90. The van der Waals surface area contributed by atoms with E-state index >= 15 is 0 Å². The lowest BCUT2D eigenvalue weighted by Gasteiger charge is -2.40. The first kappa shape index (κ1) is 19.1. The van der Waals surface area contributed by atoms with Gasteiger partial charge in [0.25, 0.3) is 0 Å². The molecule has 2 aromatic heterocycles. The number of anilines is 1. The van der Waals surface area contributed by atoms with Crippen LogP contribution in [0.5, 0.6) is 0 Å². The predicted octanol–water partition coefficient (Wildman–Crippen LogP) is 2.76. The molecule has 0 bridgehead atoms. The van der Waals surface area contributed by atoms with Gasteiger partial charge in [0, 0.05) is 49.4 Å². The minimum atomic E-state index is 0.518. The summed E-state index contributed by atoms with van der Waals surface area (Å²) in [6.07, 6.45) is 5.98. The van der Waals surface area contributed by atoms with E-state index in [1.165, 1.54) is 11.3 Å². The summed E-state index contributed by atoms with van der Waals surface area (Å²) in [5.74, 6) is 1.40. The smallest absolute Gasteiger partial charge is 0.179 e. The Morgan fingerprint density at radius 1 is 1.13 bits per heavy atom. The maximum absolute atomic E-state index is 4.85. The van der Waals surface area contributed by atoms with E-state index in [2.05, 4.69) is 70.1 Å². The molecule has 1 N–H and O–H groups in total. The van der Waals surface area contributed by atoms with E-state index in [4.69, 9.17) is 5.10 Å². The van der Waals surface area contributed by atoms with Crippen LogP contribution in [0.15, 0.2) is 48.9 Å². The predicted molar refractivity (Wildman–Crippen MR) is 120 cm³/mol. The Bertz CT molecular complexity index is 1040. The number of aryl methyl sites for hydroxylation is 1. The van der Waals surface area contributed by atoms with Crippen molar-refractivity contribution in [1.29, 1.82) is 0 Å². The summed E-state index contributed by atoms with van der Waals surface area (Å²) in [4.78, 5) is 4.64.